The average Bonchev–Trinajstić information content (AvgIpc) is 2.82. The van der Waals surface area contributed by atoms with E-state index in [1.807, 2.05) is 48.8 Å². The molecule has 1 aromatic carbocycles. The van der Waals surface area contributed by atoms with Gasteiger partial charge in [-0.2, -0.15) is 5.26 Å². The second-order valence-corrected chi connectivity index (χ2v) is 4.15. The van der Waals surface area contributed by atoms with Crippen molar-refractivity contribution in [3.05, 3.63) is 59.9 Å². The maximum atomic E-state index is 8.70. The molecule has 0 aliphatic rings. The number of nitrogens with zero attached hydrogens (tertiary/aromatic N) is 2. The Kier molecular flexibility index (Phi) is 7.94. The van der Waals surface area contributed by atoms with Crippen LogP contribution in [0.4, 0.5) is 0 Å². The number of aromatic nitrogens is 1. The minimum Gasteiger partial charge on any atom is -0.353 e. The van der Waals surface area contributed by atoms with Gasteiger partial charge in [0.05, 0.1) is 11.6 Å². The van der Waals surface area contributed by atoms with Crippen LogP contribution < -0.4 is 5.73 Å². The van der Waals surface area contributed by atoms with E-state index >= 15 is 0 Å². The molecule has 1 heterocycles. The van der Waals surface area contributed by atoms with Crippen LogP contribution in [-0.4, -0.2) is 10.6 Å². The van der Waals surface area contributed by atoms with Gasteiger partial charge in [-0.25, -0.2) is 0 Å². The van der Waals surface area contributed by atoms with Crippen molar-refractivity contribution in [3.63, 3.8) is 0 Å². The van der Waals surface area contributed by atoms with Crippen molar-refractivity contribution < 1.29 is 0 Å². The summed E-state index contributed by atoms with van der Waals surface area (Å²) in [5, 5.41) is 8.70. The zero-order valence-electron chi connectivity index (χ0n) is 10.4. The Hall–Kier alpha value is -1.47. The van der Waals surface area contributed by atoms with E-state index < -0.39 is 0 Å². The largest absolute Gasteiger partial charge is 0.353 e. The van der Waals surface area contributed by atoms with Crippen LogP contribution in [0.3, 0.4) is 0 Å². The highest BCUT2D eigenvalue weighted by Gasteiger charge is 2.04. The van der Waals surface area contributed by atoms with Crippen molar-refractivity contribution in [1.82, 2.24) is 4.57 Å². The number of hydrogen-bond acceptors (Lipinski definition) is 2. The Morgan fingerprint density at radius 1 is 1.11 bits per heavy atom. The van der Waals surface area contributed by atoms with Gasteiger partial charge in [0.1, 0.15) is 0 Å². The van der Waals surface area contributed by atoms with Crippen molar-refractivity contribution in [2.75, 3.05) is 0 Å². The number of rotatable bonds is 4. The van der Waals surface area contributed by atoms with Crippen LogP contribution in [0.5, 0.6) is 0 Å². The molecule has 0 saturated heterocycles. The van der Waals surface area contributed by atoms with Gasteiger partial charge in [-0.05, 0) is 36.2 Å². The smallest absolute Gasteiger partial charge is 0.0991 e. The number of benzene rings is 1. The Morgan fingerprint density at radius 3 is 2.21 bits per heavy atom. The summed E-state index contributed by atoms with van der Waals surface area (Å²) in [6.45, 7) is 0.813. The van der Waals surface area contributed by atoms with Crippen LogP contribution in [0.15, 0.2) is 48.8 Å². The van der Waals surface area contributed by atoms with Gasteiger partial charge in [-0.15, -0.1) is 24.8 Å². The molecule has 5 heteroatoms. The topological polar surface area (TPSA) is 54.7 Å². The summed E-state index contributed by atoms with van der Waals surface area (Å²) in [6, 6.07) is 13.8. The van der Waals surface area contributed by atoms with E-state index in [1.165, 1.54) is 5.56 Å². The van der Waals surface area contributed by atoms with Crippen molar-refractivity contribution >= 4 is 24.8 Å². The minimum atomic E-state index is 0. The maximum absolute atomic E-state index is 8.70. The predicted octanol–water partition coefficient (Wildman–Crippen LogP) is 2.77. The Balaban J connectivity index is 0.00000162. The SMILES string of the molecule is Cl.Cl.N#Cc1ccc(C[C@@H](N)Cn2cccc2)cc1. The lowest BCUT2D eigenvalue weighted by Crippen LogP contribution is -2.28. The molecule has 0 aliphatic carbocycles. The van der Waals surface area contributed by atoms with E-state index in [1.54, 1.807) is 0 Å². The molecule has 0 unspecified atom stereocenters. The van der Waals surface area contributed by atoms with Gasteiger partial charge >= 0.3 is 0 Å². The van der Waals surface area contributed by atoms with E-state index in [0.29, 0.717) is 5.56 Å². The maximum Gasteiger partial charge on any atom is 0.0991 e. The summed E-state index contributed by atoms with van der Waals surface area (Å²) in [4.78, 5) is 0. The molecule has 102 valence electrons. The molecule has 0 fully saturated rings. The van der Waals surface area contributed by atoms with Crippen molar-refractivity contribution in [2.45, 2.75) is 19.0 Å². The molecule has 3 nitrogen and oxygen atoms in total. The first-order valence-electron chi connectivity index (χ1n) is 5.63. The Morgan fingerprint density at radius 2 is 1.68 bits per heavy atom. The Bertz CT molecular complexity index is 500. The summed E-state index contributed by atoms with van der Waals surface area (Å²) >= 11 is 0. The number of nitriles is 1. The van der Waals surface area contributed by atoms with Crippen molar-refractivity contribution in [2.24, 2.45) is 5.73 Å². The first kappa shape index (κ1) is 17.5. The van der Waals surface area contributed by atoms with Crippen molar-refractivity contribution in [1.29, 1.82) is 5.26 Å². The highest BCUT2D eigenvalue weighted by atomic mass is 35.5. The third-order valence-corrected chi connectivity index (χ3v) is 2.69. The summed E-state index contributed by atoms with van der Waals surface area (Å²) in [5.41, 5.74) is 7.94. The molecule has 19 heavy (non-hydrogen) atoms. The first-order valence-corrected chi connectivity index (χ1v) is 5.63. The van der Waals surface area contributed by atoms with Crippen LogP contribution in [-0.2, 0) is 13.0 Å². The van der Waals surface area contributed by atoms with Gasteiger partial charge in [-0.3, -0.25) is 0 Å². The second-order valence-electron chi connectivity index (χ2n) is 4.15. The Labute approximate surface area is 125 Å². The normalized spacial score (nSPS) is 10.7. The van der Waals surface area contributed by atoms with Gasteiger partial charge in [0.15, 0.2) is 0 Å². The first-order chi connectivity index (χ1) is 8.28. The lowest BCUT2D eigenvalue weighted by atomic mass is 10.1. The lowest BCUT2D eigenvalue weighted by Gasteiger charge is -2.12. The van der Waals surface area contributed by atoms with Gasteiger partial charge in [0, 0.05) is 25.0 Å². The third kappa shape index (κ3) is 5.35. The highest BCUT2D eigenvalue weighted by Crippen LogP contribution is 2.06. The number of halogens is 2. The van der Waals surface area contributed by atoms with Crippen LogP contribution in [0.25, 0.3) is 0 Å². The number of nitrogens with two attached hydrogens (primary N) is 1. The standard InChI is InChI=1S/C14H15N3.2ClH/c15-10-13-5-3-12(4-6-13)9-14(16)11-17-7-1-2-8-17;;/h1-8,14H,9,11,16H2;2*1H/t14-;;/m1../s1. The van der Waals surface area contributed by atoms with Crippen LogP contribution in [0, 0.1) is 11.3 Å². The van der Waals surface area contributed by atoms with Gasteiger partial charge in [-0.1, -0.05) is 12.1 Å². The molecular weight excluding hydrogens is 281 g/mol. The fourth-order valence-corrected chi connectivity index (χ4v) is 1.85. The van der Waals surface area contributed by atoms with E-state index in [0.717, 1.165) is 13.0 Å². The van der Waals surface area contributed by atoms with Crippen LogP contribution >= 0.6 is 24.8 Å². The van der Waals surface area contributed by atoms with Gasteiger partial charge in [0.2, 0.25) is 0 Å². The molecule has 0 aliphatic heterocycles. The van der Waals surface area contributed by atoms with E-state index in [4.69, 9.17) is 11.0 Å². The number of hydrogen-bond donors (Lipinski definition) is 1. The van der Waals surface area contributed by atoms with Gasteiger partial charge in [0.25, 0.3) is 0 Å². The lowest BCUT2D eigenvalue weighted by molar-refractivity contribution is 0.551. The fraction of sp³-hybridized carbons (Fsp3) is 0.214. The molecule has 0 spiro atoms. The van der Waals surface area contributed by atoms with E-state index in [9.17, 15) is 0 Å². The van der Waals surface area contributed by atoms with Crippen LogP contribution in [0.2, 0.25) is 0 Å². The molecule has 2 rings (SSSR count). The van der Waals surface area contributed by atoms with Gasteiger partial charge < -0.3 is 10.3 Å². The molecular formula is C14H17Cl2N3. The van der Waals surface area contributed by atoms with Crippen LogP contribution in [0.1, 0.15) is 11.1 Å². The molecule has 0 radical (unpaired) electrons. The third-order valence-electron chi connectivity index (χ3n) is 2.69. The summed E-state index contributed by atoms with van der Waals surface area (Å²) in [7, 11) is 0. The summed E-state index contributed by atoms with van der Waals surface area (Å²) < 4.78 is 2.08. The minimum absolute atomic E-state index is 0. The molecule has 2 aromatic rings. The average molecular weight is 298 g/mol. The molecule has 2 N–H and O–H groups in total. The predicted molar refractivity (Wildman–Crippen MR) is 81.8 cm³/mol. The zero-order valence-corrected chi connectivity index (χ0v) is 12.0. The molecule has 0 bridgehead atoms. The molecule has 1 atom stereocenters. The second kappa shape index (κ2) is 8.60. The zero-order chi connectivity index (χ0) is 12.1. The summed E-state index contributed by atoms with van der Waals surface area (Å²) in [5.74, 6) is 0. The highest BCUT2D eigenvalue weighted by molar-refractivity contribution is 5.85. The molecule has 1 aromatic heterocycles. The molecule has 0 saturated carbocycles. The molecule has 0 amide bonds. The van der Waals surface area contributed by atoms with E-state index in [2.05, 4.69) is 10.6 Å². The quantitative estimate of drug-likeness (QED) is 0.943. The fourth-order valence-electron chi connectivity index (χ4n) is 1.85. The monoisotopic (exact) mass is 297 g/mol. The summed E-state index contributed by atoms with van der Waals surface area (Å²) in [6.07, 6.45) is 4.85. The van der Waals surface area contributed by atoms with E-state index in [-0.39, 0.29) is 30.9 Å². The van der Waals surface area contributed by atoms with Crippen molar-refractivity contribution in [3.8, 4) is 6.07 Å².